The molecule has 9 heteroatoms. The Hall–Kier alpha value is -4.57. The van der Waals surface area contributed by atoms with E-state index in [0.717, 1.165) is 116 Å². The van der Waals surface area contributed by atoms with Gasteiger partial charge >= 0.3 is 11.9 Å². The third-order valence-electron chi connectivity index (χ3n) is 14.4. The molecule has 0 aromatic carbocycles. The summed E-state index contributed by atoms with van der Waals surface area (Å²) < 4.78 is 22.8. The number of rotatable bonds is 62. The quantitative estimate of drug-likeness (QED) is 0.0195. The van der Waals surface area contributed by atoms with Crippen LogP contribution in [0.1, 0.15) is 271 Å². The predicted octanol–water partition coefficient (Wildman–Crippen LogP) is 20.0. The number of unbranched alkanes of at least 4 members (excludes halogenated alkanes) is 25. The monoisotopic (exact) mass is 1180 g/mol. The van der Waals surface area contributed by atoms with E-state index < -0.39 is 24.3 Å². The molecule has 9 nitrogen and oxygen atoms in total. The van der Waals surface area contributed by atoms with Gasteiger partial charge in [0.15, 0.2) is 12.4 Å². The van der Waals surface area contributed by atoms with Crippen LogP contribution in [0.5, 0.6) is 0 Å². The molecule has 2 atom stereocenters. The molecule has 0 fully saturated rings. The third-order valence-corrected chi connectivity index (χ3v) is 14.4. The molecule has 0 aromatic heterocycles. The second-order valence-corrected chi connectivity index (χ2v) is 23.7. The van der Waals surface area contributed by atoms with Crippen LogP contribution >= 0.6 is 0 Å². The number of aliphatic carboxylic acids is 1. The first kappa shape index (κ1) is 80.4. The molecule has 0 aliphatic carbocycles. The number of nitrogens with zero attached hydrogens (tertiary/aromatic N) is 1. The van der Waals surface area contributed by atoms with Crippen LogP contribution in [0.4, 0.5) is 0 Å². The average molecular weight is 1180 g/mol. The highest BCUT2D eigenvalue weighted by molar-refractivity contribution is 5.70. The maximum atomic E-state index is 12.9. The van der Waals surface area contributed by atoms with E-state index in [0.29, 0.717) is 17.4 Å². The van der Waals surface area contributed by atoms with Crippen LogP contribution in [0.25, 0.3) is 0 Å². The Morgan fingerprint density at radius 2 is 0.635 bits per heavy atom. The fourth-order valence-electron chi connectivity index (χ4n) is 9.22. The van der Waals surface area contributed by atoms with Crippen LogP contribution in [-0.2, 0) is 33.3 Å². The van der Waals surface area contributed by atoms with Crippen LogP contribution in [0.3, 0.4) is 0 Å². The van der Waals surface area contributed by atoms with E-state index >= 15 is 0 Å². The minimum atomic E-state index is -1.63. The lowest BCUT2D eigenvalue weighted by atomic mass is 10.0. The minimum Gasteiger partial charge on any atom is -0.545 e. The van der Waals surface area contributed by atoms with Crippen LogP contribution in [0.15, 0.2) is 134 Å². The van der Waals surface area contributed by atoms with Crippen molar-refractivity contribution in [2.24, 2.45) is 0 Å². The van der Waals surface area contributed by atoms with Gasteiger partial charge in [-0.2, -0.15) is 0 Å². The number of hydrogen-bond donors (Lipinski definition) is 0. The van der Waals surface area contributed by atoms with E-state index in [1.807, 2.05) is 21.1 Å². The van der Waals surface area contributed by atoms with Crippen molar-refractivity contribution in [2.75, 3.05) is 47.5 Å². The number of ether oxygens (including phenoxy) is 4. The normalized spacial score (nSPS) is 13.6. The molecule has 2 unspecified atom stereocenters. The van der Waals surface area contributed by atoms with E-state index in [9.17, 15) is 19.5 Å². The Labute approximate surface area is 522 Å². The summed E-state index contributed by atoms with van der Waals surface area (Å²) in [6.07, 6.45) is 90.9. The Morgan fingerprint density at radius 1 is 0.353 bits per heavy atom. The van der Waals surface area contributed by atoms with Crippen molar-refractivity contribution >= 4 is 17.9 Å². The van der Waals surface area contributed by atoms with Crippen molar-refractivity contribution < 1.29 is 42.9 Å². The number of likely N-dealkylation sites (N-methyl/N-ethyl adjacent to an activating group) is 1. The van der Waals surface area contributed by atoms with Crippen molar-refractivity contribution in [2.45, 2.75) is 283 Å². The van der Waals surface area contributed by atoms with Crippen molar-refractivity contribution in [3.8, 4) is 0 Å². The molecule has 0 spiro atoms. The van der Waals surface area contributed by atoms with Crippen LogP contribution < -0.4 is 5.11 Å². The summed E-state index contributed by atoms with van der Waals surface area (Å²) in [5.74, 6) is -2.30. The molecule has 0 aliphatic rings. The second-order valence-electron chi connectivity index (χ2n) is 23.7. The van der Waals surface area contributed by atoms with Gasteiger partial charge < -0.3 is 33.3 Å². The molecule has 0 amide bonds. The highest BCUT2D eigenvalue weighted by Gasteiger charge is 2.22. The average Bonchev–Trinajstić information content (AvgIpc) is 3.48. The topological polar surface area (TPSA) is 111 Å². The summed E-state index contributed by atoms with van der Waals surface area (Å²) in [5, 5.41) is 11.8. The number of carbonyl (C=O) groups is 3. The first-order chi connectivity index (χ1) is 41.6. The number of carboxylic acid groups (broad SMARTS) is 1. The third kappa shape index (κ3) is 66.8. The Balaban J connectivity index is 4.15. The minimum absolute atomic E-state index is 0.140. The molecule has 0 N–H and O–H groups in total. The molecule has 0 aromatic rings. The lowest BCUT2D eigenvalue weighted by Gasteiger charge is -2.26. The largest absolute Gasteiger partial charge is 0.545 e. The number of carbonyl (C=O) groups excluding carboxylic acids is 3. The first-order valence-corrected chi connectivity index (χ1v) is 34.3. The second kappa shape index (κ2) is 65.4. The molecule has 0 heterocycles. The SMILES string of the molecule is CC/C=C\C/C=C\C/C=C\C/C=C\C/C=C\C/C=C\CCCCCCCCCCC(=O)OC(COC(=O)CCCCCCCCCCCCCCCCCCC/C=C\C/C=C\C/C=C\C/C=C\C/C=C\CC)COC(OCC[N+](C)(C)C)C(=O)[O-]. The van der Waals surface area contributed by atoms with E-state index in [4.69, 9.17) is 18.9 Å². The number of hydrogen-bond acceptors (Lipinski definition) is 8. The molecular formula is C76H127NO8. The summed E-state index contributed by atoms with van der Waals surface area (Å²) in [7, 11) is 5.92. The number of esters is 2. The Morgan fingerprint density at radius 3 is 0.941 bits per heavy atom. The van der Waals surface area contributed by atoms with E-state index in [1.54, 1.807) is 0 Å². The molecule has 0 bridgehead atoms. The number of allylic oxidation sites excluding steroid dienone is 22. The molecule has 0 rings (SSSR count). The number of quaternary nitrogens is 1. The van der Waals surface area contributed by atoms with Gasteiger partial charge in [0, 0.05) is 12.8 Å². The van der Waals surface area contributed by atoms with E-state index in [-0.39, 0.29) is 38.6 Å². The molecule has 0 radical (unpaired) electrons. The maximum Gasteiger partial charge on any atom is 0.306 e. The van der Waals surface area contributed by atoms with Gasteiger partial charge in [0.25, 0.3) is 0 Å². The van der Waals surface area contributed by atoms with E-state index in [1.165, 1.54) is 122 Å². The maximum absolute atomic E-state index is 12.9. The van der Waals surface area contributed by atoms with Gasteiger partial charge in [-0.25, -0.2) is 0 Å². The fourth-order valence-corrected chi connectivity index (χ4v) is 9.22. The van der Waals surface area contributed by atoms with Gasteiger partial charge in [-0.15, -0.1) is 0 Å². The summed E-state index contributed by atoms with van der Waals surface area (Å²) in [6, 6.07) is 0. The predicted molar refractivity (Wildman–Crippen MR) is 361 cm³/mol. The van der Waals surface area contributed by atoms with Crippen LogP contribution in [-0.4, -0.2) is 82.3 Å². The number of carboxylic acids is 1. The van der Waals surface area contributed by atoms with Gasteiger partial charge in [0.05, 0.1) is 40.3 Å². The van der Waals surface area contributed by atoms with Gasteiger partial charge in [-0.1, -0.05) is 282 Å². The van der Waals surface area contributed by atoms with Crippen molar-refractivity contribution in [3.63, 3.8) is 0 Å². The van der Waals surface area contributed by atoms with Crippen molar-refractivity contribution in [1.82, 2.24) is 0 Å². The lowest BCUT2D eigenvalue weighted by molar-refractivity contribution is -0.870. The molecule has 85 heavy (non-hydrogen) atoms. The molecule has 0 saturated heterocycles. The molecule has 484 valence electrons. The van der Waals surface area contributed by atoms with Gasteiger partial charge in [0.1, 0.15) is 13.2 Å². The summed E-state index contributed by atoms with van der Waals surface area (Å²) >= 11 is 0. The van der Waals surface area contributed by atoms with Gasteiger partial charge in [-0.3, -0.25) is 9.59 Å². The summed E-state index contributed by atoms with van der Waals surface area (Å²) in [4.78, 5) is 37.5. The summed E-state index contributed by atoms with van der Waals surface area (Å²) in [5.41, 5.74) is 0. The highest BCUT2D eigenvalue weighted by Crippen LogP contribution is 2.17. The first-order valence-electron chi connectivity index (χ1n) is 34.3. The zero-order chi connectivity index (χ0) is 61.9. The van der Waals surface area contributed by atoms with Crippen LogP contribution in [0.2, 0.25) is 0 Å². The van der Waals surface area contributed by atoms with E-state index in [2.05, 4.69) is 148 Å². The zero-order valence-electron chi connectivity index (χ0n) is 55.2. The van der Waals surface area contributed by atoms with Crippen molar-refractivity contribution in [3.05, 3.63) is 134 Å². The van der Waals surface area contributed by atoms with Gasteiger partial charge in [-0.05, 0) is 109 Å². The Bertz CT molecular complexity index is 1860. The zero-order valence-corrected chi connectivity index (χ0v) is 55.2. The standard InChI is InChI=1S/C76H127NO8/c1-6-8-10-12-14-16-18-20-22-24-26-28-30-32-34-35-36-37-38-39-41-42-44-46-48-50-52-54-56-58-60-62-64-66-73(78)83-70-72(71-84-76(75(80)81)82-69-68-77(3,4)5)85-74(79)67-65-63-61-59-57-55-53-51-49-47-45-43-40-33-31-29-27-25-23-21-19-17-15-13-11-9-7-2/h8-11,14-17,20-23,26-29,32-34,40,45,47,72,76H,6-7,12-13,18-19,24-25,30-31,35-39,41-44,46,48-71H2,1-5H3/b10-8-,11-9-,16-14-,17-15-,22-20-,23-21-,28-26-,29-27-,34-32-,40-33-,47-45-. The van der Waals surface area contributed by atoms with Crippen molar-refractivity contribution in [1.29, 1.82) is 0 Å². The fraction of sp³-hybridized carbons (Fsp3) is 0.671. The molecule has 0 saturated carbocycles. The summed E-state index contributed by atoms with van der Waals surface area (Å²) in [6.45, 7) is 4.52. The highest BCUT2D eigenvalue weighted by atomic mass is 16.7. The van der Waals surface area contributed by atoms with Gasteiger partial charge in [0.2, 0.25) is 0 Å². The smallest absolute Gasteiger partial charge is 0.306 e. The molecule has 0 aliphatic heterocycles. The lowest BCUT2D eigenvalue weighted by Crippen LogP contribution is -2.44. The van der Waals surface area contributed by atoms with Crippen LogP contribution in [0, 0.1) is 0 Å². The Kier molecular flexibility index (Phi) is 61.9. The molecular weight excluding hydrogens is 1050 g/mol.